The Morgan fingerprint density at radius 3 is 2.71 bits per heavy atom. The number of carbonyl (C=O) groups excluding carboxylic acids is 1. The van der Waals surface area contributed by atoms with Crippen LogP contribution in [0.15, 0.2) is 45.6 Å². The highest BCUT2D eigenvalue weighted by Crippen LogP contribution is 2.27. The number of benzene rings is 1. The van der Waals surface area contributed by atoms with E-state index in [-0.39, 0.29) is 29.1 Å². The Morgan fingerprint density at radius 1 is 1.25 bits per heavy atom. The second kappa shape index (κ2) is 9.06. The van der Waals surface area contributed by atoms with Gasteiger partial charge >= 0.3 is 0 Å². The number of unbranched alkanes of at least 4 members (excludes halogenated alkanes) is 2. The summed E-state index contributed by atoms with van der Waals surface area (Å²) in [4.78, 5) is 19.8. The maximum absolute atomic E-state index is 13.1. The summed E-state index contributed by atoms with van der Waals surface area (Å²) in [5.41, 5.74) is 6.87. The molecular formula is C20H19FN4O3. The van der Waals surface area contributed by atoms with Crippen LogP contribution >= 0.6 is 0 Å². The van der Waals surface area contributed by atoms with Gasteiger partial charge in [-0.05, 0) is 37.1 Å². The summed E-state index contributed by atoms with van der Waals surface area (Å²) < 4.78 is 23.7. The van der Waals surface area contributed by atoms with Gasteiger partial charge < -0.3 is 14.6 Å². The summed E-state index contributed by atoms with van der Waals surface area (Å²) in [7, 11) is 0. The molecule has 3 aromatic rings. The maximum Gasteiger partial charge on any atom is 0.263 e. The fourth-order valence-corrected chi connectivity index (χ4v) is 2.81. The number of nitrogens with two attached hydrogens (primary N) is 1. The maximum atomic E-state index is 13.1. The van der Waals surface area contributed by atoms with Gasteiger partial charge in [0.1, 0.15) is 18.1 Å². The molecular weight excluding hydrogens is 363 g/mol. The standard InChI is InChI=1S/C20H19FN4O3/c21-14-8-6-13(7-9-14)19-25-16(12-22)18(28-19)15(23)4-2-1-3-5-17(26)20-24-10-11-27-20/h6-11,15H,1-5,23H2. The number of hydrogen-bond donors (Lipinski definition) is 1. The fraction of sp³-hybridized carbons (Fsp3) is 0.300. The van der Waals surface area contributed by atoms with E-state index in [9.17, 15) is 14.4 Å². The molecule has 144 valence electrons. The molecule has 28 heavy (non-hydrogen) atoms. The molecule has 0 saturated heterocycles. The smallest absolute Gasteiger partial charge is 0.263 e. The molecule has 0 aliphatic rings. The number of ketones is 1. The highest BCUT2D eigenvalue weighted by atomic mass is 19.1. The SMILES string of the molecule is N#Cc1nc(-c2ccc(F)cc2)oc1C(N)CCCCCC(=O)c1ncco1. The Kier molecular flexibility index (Phi) is 6.29. The van der Waals surface area contributed by atoms with Crippen LogP contribution < -0.4 is 5.73 Å². The third-order valence-corrected chi connectivity index (χ3v) is 4.28. The van der Waals surface area contributed by atoms with E-state index in [1.807, 2.05) is 6.07 Å². The van der Waals surface area contributed by atoms with Gasteiger partial charge in [0, 0.05) is 12.0 Å². The van der Waals surface area contributed by atoms with Crippen molar-refractivity contribution in [1.82, 2.24) is 9.97 Å². The minimum Gasteiger partial charge on any atom is -0.442 e. The number of nitriles is 1. The molecule has 8 heteroatoms. The highest BCUT2D eigenvalue weighted by molar-refractivity contribution is 5.91. The van der Waals surface area contributed by atoms with Gasteiger partial charge in [0.05, 0.1) is 12.2 Å². The molecule has 0 saturated carbocycles. The first-order valence-corrected chi connectivity index (χ1v) is 8.93. The first-order valence-electron chi connectivity index (χ1n) is 8.93. The molecule has 3 rings (SSSR count). The van der Waals surface area contributed by atoms with E-state index in [4.69, 9.17) is 14.6 Å². The van der Waals surface area contributed by atoms with Crippen molar-refractivity contribution in [1.29, 1.82) is 5.26 Å². The van der Waals surface area contributed by atoms with Crippen molar-refractivity contribution in [2.24, 2.45) is 5.73 Å². The van der Waals surface area contributed by atoms with Crippen LogP contribution in [0.1, 0.15) is 60.3 Å². The molecule has 1 atom stereocenters. The number of hydrogen-bond acceptors (Lipinski definition) is 7. The summed E-state index contributed by atoms with van der Waals surface area (Å²) in [6, 6.07) is 7.16. The Bertz CT molecular complexity index is 959. The quantitative estimate of drug-likeness (QED) is 0.435. The summed E-state index contributed by atoms with van der Waals surface area (Å²) >= 11 is 0. The Balaban J connectivity index is 1.52. The Labute approximate surface area is 161 Å². The summed E-state index contributed by atoms with van der Waals surface area (Å²) in [6.45, 7) is 0. The van der Waals surface area contributed by atoms with E-state index >= 15 is 0 Å². The minimum absolute atomic E-state index is 0.125. The second-order valence-corrected chi connectivity index (χ2v) is 6.32. The lowest BCUT2D eigenvalue weighted by Gasteiger charge is -2.08. The number of nitrogens with zero attached hydrogens (tertiary/aromatic N) is 3. The lowest BCUT2D eigenvalue weighted by atomic mass is 10.0. The zero-order valence-electron chi connectivity index (χ0n) is 15.1. The molecule has 0 aliphatic carbocycles. The van der Waals surface area contributed by atoms with Crippen LogP contribution in [-0.2, 0) is 0 Å². The Morgan fingerprint density at radius 2 is 2.04 bits per heavy atom. The van der Waals surface area contributed by atoms with Gasteiger partial charge in [-0.3, -0.25) is 4.79 Å². The summed E-state index contributed by atoms with van der Waals surface area (Å²) in [5, 5.41) is 9.29. The third kappa shape index (κ3) is 4.69. The largest absolute Gasteiger partial charge is 0.442 e. The lowest BCUT2D eigenvalue weighted by molar-refractivity contribution is 0.0945. The second-order valence-electron chi connectivity index (χ2n) is 6.32. The zero-order valence-corrected chi connectivity index (χ0v) is 15.1. The molecule has 0 aliphatic heterocycles. The van der Waals surface area contributed by atoms with E-state index in [2.05, 4.69) is 9.97 Å². The fourth-order valence-electron chi connectivity index (χ4n) is 2.81. The van der Waals surface area contributed by atoms with Crippen LogP contribution in [0.2, 0.25) is 0 Å². The molecule has 0 amide bonds. The zero-order chi connectivity index (χ0) is 19.9. The van der Waals surface area contributed by atoms with Crippen molar-refractivity contribution in [2.45, 2.75) is 38.1 Å². The topological polar surface area (TPSA) is 119 Å². The average molecular weight is 382 g/mol. The van der Waals surface area contributed by atoms with Gasteiger partial charge in [0.2, 0.25) is 11.7 Å². The van der Waals surface area contributed by atoms with Crippen molar-refractivity contribution in [2.75, 3.05) is 0 Å². The van der Waals surface area contributed by atoms with Crippen molar-refractivity contribution in [3.63, 3.8) is 0 Å². The minimum atomic E-state index is -0.487. The van der Waals surface area contributed by atoms with E-state index in [1.54, 1.807) is 0 Å². The molecule has 0 bridgehead atoms. The van der Waals surface area contributed by atoms with E-state index in [1.165, 1.54) is 36.7 Å². The molecule has 0 fully saturated rings. The van der Waals surface area contributed by atoms with E-state index in [0.717, 1.165) is 12.8 Å². The van der Waals surface area contributed by atoms with Crippen LogP contribution in [0, 0.1) is 17.1 Å². The molecule has 2 heterocycles. The van der Waals surface area contributed by atoms with Crippen LogP contribution in [0.4, 0.5) is 4.39 Å². The summed E-state index contributed by atoms with van der Waals surface area (Å²) in [6.07, 6.45) is 6.00. The normalized spacial score (nSPS) is 11.9. The van der Waals surface area contributed by atoms with Gasteiger partial charge in [-0.15, -0.1) is 0 Å². The van der Waals surface area contributed by atoms with Crippen molar-refractivity contribution in [3.8, 4) is 17.5 Å². The van der Waals surface area contributed by atoms with Gasteiger partial charge in [-0.2, -0.15) is 10.2 Å². The number of Topliss-reactive ketones (excluding diaryl/α,β-unsaturated/α-hetero) is 1. The predicted molar refractivity (Wildman–Crippen MR) is 97.5 cm³/mol. The molecule has 0 spiro atoms. The number of carbonyl (C=O) groups is 1. The first-order chi connectivity index (χ1) is 13.6. The van der Waals surface area contributed by atoms with Crippen LogP contribution in [0.25, 0.3) is 11.5 Å². The van der Waals surface area contributed by atoms with Crippen molar-refractivity contribution in [3.05, 3.63) is 59.9 Å². The van der Waals surface area contributed by atoms with Crippen molar-refractivity contribution >= 4 is 5.78 Å². The third-order valence-electron chi connectivity index (χ3n) is 4.28. The molecule has 1 aromatic carbocycles. The van der Waals surface area contributed by atoms with Crippen LogP contribution in [-0.4, -0.2) is 15.8 Å². The van der Waals surface area contributed by atoms with Gasteiger partial charge in [0.15, 0.2) is 11.5 Å². The van der Waals surface area contributed by atoms with Gasteiger partial charge in [-0.25, -0.2) is 9.37 Å². The summed E-state index contributed by atoms with van der Waals surface area (Å²) in [5.74, 6) is 0.191. The first kappa shape index (κ1) is 19.5. The lowest BCUT2D eigenvalue weighted by Crippen LogP contribution is -2.10. The van der Waals surface area contributed by atoms with Gasteiger partial charge in [-0.1, -0.05) is 12.8 Å². The molecule has 1 unspecified atom stereocenters. The van der Waals surface area contributed by atoms with Crippen LogP contribution in [0.5, 0.6) is 0 Å². The molecule has 2 N–H and O–H groups in total. The van der Waals surface area contributed by atoms with Gasteiger partial charge in [0.25, 0.3) is 5.89 Å². The van der Waals surface area contributed by atoms with E-state index in [0.29, 0.717) is 30.6 Å². The molecule has 2 aromatic heterocycles. The number of oxazole rings is 2. The number of aromatic nitrogens is 2. The highest BCUT2D eigenvalue weighted by Gasteiger charge is 2.20. The average Bonchev–Trinajstić information content (AvgIpc) is 3.38. The monoisotopic (exact) mass is 382 g/mol. The van der Waals surface area contributed by atoms with Crippen LogP contribution in [0.3, 0.4) is 0 Å². The predicted octanol–water partition coefficient (Wildman–Crippen LogP) is 4.17. The van der Waals surface area contributed by atoms with Crippen molar-refractivity contribution < 1.29 is 18.0 Å². The number of halogens is 1. The van der Waals surface area contributed by atoms with E-state index < -0.39 is 6.04 Å². The Hall–Kier alpha value is -3.31. The number of rotatable bonds is 9. The molecule has 0 radical (unpaired) electrons. The molecule has 7 nitrogen and oxygen atoms in total.